The molecule has 0 unspecified atom stereocenters. The number of nitrogens with zero attached hydrogens (tertiary/aromatic N) is 1. The van der Waals surface area contributed by atoms with Crippen LogP contribution in [-0.2, 0) is 4.74 Å². The largest absolute Gasteiger partial charge is 0.443 e. The van der Waals surface area contributed by atoms with Gasteiger partial charge < -0.3 is 4.74 Å². The summed E-state index contributed by atoms with van der Waals surface area (Å²) in [6.07, 6.45) is 1.32. The van der Waals surface area contributed by atoms with Gasteiger partial charge in [-0.3, -0.25) is 4.57 Å². The molecule has 1 aromatic carbocycles. The third-order valence-electron chi connectivity index (χ3n) is 2.58. The normalized spacial score (nSPS) is 11.5. The Kier molecular flexibility index (Phi) is 5.20. The van der Waals surface area contributed by atoms with E-state index in [1.54, 1.807) is 6.20 Å². The third-order valence-corrected chi connectivity index (χ3v) is 4.34. The van der Waals surface area contributed by atoms with Crippen LogP contribution in [0.3, 0.4) is 0 Å². The number of carbonyl (C=O) groups is 1. The van der Waals surface area contributed by atoms with Crippen LogP contribution in [0.1, 0.15) is 20.8 Å². The van der Waals surface area contributed by atoms with Gasteiger partial charge in [0.1, 0.15) is 5.60 Å². The second-order valence-electron chi connectivity index (χ2n) is 5.52. The Morgan fingerprint density at radius 2 is 1.90 bits per heavy atom. The van der Waals surface area contributed by atoms with E-state index in [2.05, 4.69) is 54.5 Å². The van der Waals surface area contributed by atoms with E-state index in [0.717, 1.165) is 23.8 Å². The van der Waals surface area contributed by atoms with Crippen LogP contribution in [0, 0.1) is 3.57 Å². The maximum atomic E-state index is 12.3. The smallest absolute Gasteiger partial charge is 0.419 e. The van der Waals surface area contributed by atoms with Crippen molar-refractivity contribution in [2.24, 2.45) is 0 Å². The average molecular weight is 527 g/mol. The average Bonchev–Trinajstić information content (AvgIpc) is 2.69. The minimum Gasteiger partial charge on any atom is -0.443 e. The van der Waals surface area contributed by atoms with Crippen molar-refractivity contribution in [3.8, 4) is 11.3 Å². The molecule has 0 N–H and O–H groups in total. The van der Waals surface area contributed by atoms with Crippen molar-refractivity contribution in [1.29, 1.82) is 0 Å². The molecule has 1 heterocycles. The fourth-order valence-electron chi connectivity index (χ4n) is 1.80. The number of carbonyl (C=O) groups excluding carboxylic acids is 1. The number of ether oxygens (including phenoxy) is 1. The van der Waals surface area contributed by atoms with E-state index in [4.69, 9.17) is 4.74 Å². The fourth-order valence-corrected chi connectivity index (χ4v) is 3.72. The predicted molar refractivity (Wildman–Crippen MR) is 99.6 cm³/mol. The molecule has 0 saturated carbocycles. The molecule has 0 fully saturated rings. The number of hydrogen-bond acceptors (Lipinski definition) is 2. The molecule has 0 aliphatic carbocycles. The molecule has 112 valence electrons. The molecule has 0 bridgehead atoms. The van der Waals surface area contributed by atoms with Gasteiger partial charge in [0, 0.05) is 24.3 Å². The molecule has 2 aromatic rings. The lowest BCUT2D eigenvalue weighted by Crippen LogP contribution is -2.27. The van der Waals surface area contributed by atoms with E-state index < -0.39 is 11.7 Å². The highest BCUT2D eigenvalue weighted by Gasteiger charge is 2.21. The van der Waals surface area contributed by atoms with Crippen molar-refractivity contribution in [3.63, 3.8) is 0 Å². The Bertz CT molecular complexity index is 689. The first-order chi connectivity index (χ1) is 9.67. The summed E-state index contributed by atoms with van der Waals surface area (Å²) >= 11 is 9.22. The summed E-state index contributed by atoms with van der Waals surface area (Å²) in [4.78, 5) is 12.3. The van der Waals surface area contributed by atoms with Gasteiger partial charge in [-0.15, -0.1) is 0 Å². The van der Waals surface area contributed by atoms with Gasteiger partial charge in [0.15, 0.2) is 0 Å². The van der Waals surface area contributed by atoms with Gasteiger partial charge in [0.05, 0.1) is 5.69 Å². The highest BCUT2D eigenvalue weighted by atomic mass is 127. The zero-order valence-corrected chi connectivity index (χ0v) is 17.1. The molecule has 0 radical (unpaired) electrons. The zero-order chi connectivity index (χ0) is 15.8. The van der Waals surface area contributed by atoms with Gasteiger partial charge in [-0.05, 0) is 77.5 Å². The summed E-state index contributed by atoms with van der Waals surface area (Å²) in [6, 6.07) is 7.89. The molecule has 1 aromatic heterocycles. The quantitative estimate of drug-likeness (QED) is 0.422. The number of rotatable bonds is 1. The Balaban J connectivity index is 2.48. The Hall–Kier alpha value is -0.340. The van der Waals surface area contributed by atoms with Crippen LogP contribution in [0.5, 0.6) is 0 Å². The number of halogens is 3. The summed E-state index contributed by atoms with van der Waals surface area (Å²) in [5.41, 5.74) is 1.18. The highest BCUT2D eigenvalue weighted by molar-refractivity contribution is 14.1. The van der Waals surface area contributed by atoms with E-state index in [0.29, 0.717) is 0 Å². The second-order valence-corrected chi connectivity index (χ2v) is 8.53. The molecule has 0 amide bonds. The molecule has 0 aliphatic rings. The molecule has 6 heteroatoms. The number of hydrogen-bond donors (Lipinski definition) is 0. The lowest BCUT2D eigenvalue weighted by Gasteiger charge is -2.20. The van der Waals surface area contributed by atoms with Gasteiger partial charge >= 0.3 is 6.09 Å². The van der Waals surface area contributed by atoms with E-state index in [-0.39, 0.29) is 0 Å². The summed E-state index contributed by atoms with van der Waals surface area (Å²) in [7, 11) is 0. The SMILES string of the molecule is CC(C)(C)OC(=O)n1cc(Br)cc1-c1ccc(I)cc1Br. The fraction of sp³-hybridized carbons (Fsp3) is 0.267. The summed E-state index contributed by atoms with van der Waals surface area (Å²) < 4.78 is 9.85. The van der Waals surface area contributed by atoms with Crippen LogP contribution in [0.25, 0.3) is 11.3 Å². The zero-order valence-electron chi connectivity index (χ0n) is 11.8. The molecule has 0 saturated heterocycles. The van der Waals surface area contributed by atoms with Crippen molar-refractivity contribution >= 4 is 60.5 Å². The predicted octanol–water partition coefficient (Wildman–Crippen LogP) is 6.07. The molecule has 2 rings (SSSR count). The number of benzene rings is 1. The minimum absolute atomic E-state index is 0.395. The van der Waals surface area contributed by atoms with Crippen LogP contribution in [0.15, 0.2) is 39.4 Å². The van der Waals surface area contributed by atoms with Crippen molar-refractivity contribution < 1.29 is 9.53 Å². The standard InChI is InChI=1S/C15H14Br2INO2/c1-15(2,3)21-14(20)19-8-9(16)6-13(19)11-5-4-10(18)7-12(11)17/h4-8H,1-3H3. The molecule has 21 heavy (non-hydrogen) atoms. The van der Waals surface area contributed by atoms with Crippen LogP contribution in [-0.4, -0.2) is 16.3 Å². The first-order valence-corrected chi connectivity index (χ1v) is 8.90. The van der Waals surface area contributed by atoms with Crippen LogP contribution < -0.4 is 0 Å². The Morgan fingerprint density at radius 3 is 2.48 bits per heavy atom. The van der Waals surface area contributed by atoms with Crippen molar-refractivity contribution in [2.75, 3.05) is 0 Å². The van der Waals surface area contributed by atoms with Crippen molar-refractivity contribution in [2.45, 2.75) is 26.4 Å². The van der Waals surface area contributed by atoms with Crippen LogP contribution >= 0.6 is 54.5 Å². The summed E-state index contributed by atoms with van der Waals surface area (Å²) in [5.74, 6) is 0. The highest BCUT2D eigenvalue weighted by Crippen LogP contribution is 2.33. The molecule has 0 atom stereocenters. The van der Waals surface area contributed by atoms with Crippen LogP contribution in [0.2, 0.25) is 0 Å². The monoisotopic (exact) mass is 525 g/mol. The topological polar surface area (TPSA) is 31.2 Å². The molecular formula is C15H14Br2INO2. The molecule has 0 spiro atoms. The Labute approximate surface area is 154 Å². The lowest BCUT2D eigenvalue weighted by molar-refractivity contribution is 0.0540. The van der Waals surface area contributed by atoms with E-state index in [9.17, 15) is 4.79 Å². The second kappa shape index (κ2) is 6.42. The summed E-state index contributed by atoms with van der Waals surface area (Å²) in [5, 5.41) is 0. The molecular weight excluding hydrogens is 513 g/mol. The lowest BCUT2D eigenvalue weighted by atomic mass is 10.1. The van der Waals surface area contributed by atoms with Gasteiger partial charge in [-0.2, -0.15) is 0 Å². The van der Waals surface area contributed by atoms with Crippen molar-refractivity contribution in [1.82, 2.24) is 4.57 Å². The van der Waals surface area contributed by atoms with Gasteiger partial charge in [-0.25, -0.2) is 4.79 Å². The minimum atomic E-state index is -0.533. The Morgan fingerprint density at radius 1 is 1.24 bits per heavy atom. The van der Waals surface area contributed by atoms with E-state index >= 15 is 0 Å². The van der Waals surface area contributed by atoms with E-state index in [1.165, 1.54) is 4.57 Å². The molecule has 0 aliphatic heterocycles. The maximum absolute atomic E-state index is 12.3. The van der Waals surface area contributed by atoms with Gasteiger partial charge in [0.2, 0.25) is 0 Å². The summed E-state index contributed by atoms with van der Waals surface area (Å²) in [6.45, 7) is 5.55. The number of aromatic nitrogens is 1. The van der Waals surface area contributed by atoms with Crippen molar-refractivity contribution in [3.05, 3.63) is 43.0 Å². The maximum Gasteiger partial charge on any atom is 0.419 e. The first kappa shape index (κ1) is 17.0. The van der Waals surface area contributed by atoms with Gasteiger partial charge in [0.25, 0.3) is 0 Å². The first-order valence-electron chi connectivity index (χ1n) is 6.24. The van der Waals surface area contributed by atoms with Crippen LogP contribution in [0.4, 0.5) is 4.79 Å². The molecule has 3 nitrogen and oxygen atoms in total. The van der Waals surface area contributed by atoms with E-state index in [1.807, 2.05) is 45.0 Å². The third kappa shape index (κ3) is 4.32. The van der Waals surface area contributed by atoms with Gasteiger partial charge in [-0.1, -0.05) is 22.0 Å².